The van der Waals surface area contributed by atoms with Crippen molar-refractivity contribution in [3.05, 3.63) is 17.5 Å². The third kappa shape index (κ3) is 1.11. The second-order valence-electron chi connectivity index (χ2n) is 3.66. The topological polar surface area (TPSA) is 38.2 Å². The molecule has 0 aliphatic carbocycles. The Morgan fingerprint density at radius 1 is 1.29 bits per heavy atom. The summed E-state index contributed by atoms with van der Waals surface area (Å²) in [6.45, 7) is 1.56. The van der Waals surface area contributed by atoms with E-state index in [1.165, 1.54) is 6.42 Å². The molecule has 2 bridgehead atoms. The van der Waals surface area contributed by atoms with E-state index in [9.17, 15) is 0 Å². The molecule has 0 amide bonds. The minimum absolute atomic E-state index is 0.447. The predicted octanol–water partition coefficient (Wildman–Crippen LogP) is 1.11. The van der Waals surface area contributed by atoms with Crippen LogP contribution in [-0.4, -0.2) is 35.3 Å². The van der Waals surface area contributed by atoms with E-state index in [2.05, 4.69) is 14.9 Å². The minimum atomic E-state index is 0.447. The maximum absolute atomic E-state index is 5.99. The van der Waals surface area contributed by atoms with Crippen LogP contribution in [0.15, 0.2) is 12.4 Å². The van der Waals surface area contributed by atoms with Gasteiger partial charge in [0.25, 0.3) is 0 Å². The van der Waals surface area contributed by atoms with Gasteiger partial charge in [-0.25, -0.2) is 9.97 Å². The summed E-state index contributed by atoms with van der Waals surface area (Å²) in [4.78, 5) is 10.5. The molecule has 2 fully saturated rings. The summed E-state index contributed by atoms with van der Waals surface area (Å²) in [6, 6.07) is 0.894. The second kappa shape index (κ2) is 3.07. The number of fused-ring (bicyclic) bond motifs is 2. The molecule has 2 saturated heterocycles. The molecule has 4 nitrogen and oxygen atoms in total. The van der Waals surface area contributed by atoms with Gasteiger partial charge in [-0.15, -0.1) is 0 Å². The standard InChI is InChI=1S/C9H10ClN3O/c10-8-9(12-2-1-11-8)13-6-3-7(13)5-14-4-6/h1-2,6-7H,3-5H2. The molecular formula is C9H10ClN3O. The molecular weight excluding hydrogens is 202 g/mol. The summed E-state index contributed by atoms with van der Waals surface area (Å²) < 4.78 is 5.39. The largest absolute Gasteiger partial charge is 0.377 e. The van der Waals surface area contributed by atoms with Gasteiger partial charge in [0.1, 0.15) is 0 Å². The molecule has 0 radical (unpaired) electrons. The van der Waals surface area contributed by atoms with E-state index in [1.54, 1.807) is 12.4 Å². The van der Waals surface area contributed by atoms with Crippen molar-refractivity contribution in [2.45, 2.75) is 18.5 Å². The van der Waals surface area contributed by atoms with E-state index >= 15 is 0 Å². The Kier molecular flexibility index (Phi) is 1.85. The highest BCUT2D eigenvalue weighted by molar-refractivity contribution is 6.31. The van der Waals surface area contributed by atoms with Crippen LogP contribution in [-0.2, 0) is 4.74 Å². The van der Waals surface area contributed by atoms with Crippen molar-refractivity contribution in [3.63, 3.8) is 0 Å². The number of hydrogen-bond acceptors (Lipinski definition) is 4. The van der Waals surface area contributed by atoms with E-state index in [0.717, 1.165) is 19.0 Å². The summed E-state index contributed by atoms with van der Waals surface area (Å²) in [7, 11) is 0. The molecule has 0 saturated carbocycles. The minimum Gasteiger partial charge on any atom is -0.377 e. The van der Waals surface area contributed by atoms with E-state index in [1.807, 2.05) is 0 Å². The van der Waals surface area contributed by atoms with E-state index in [-0.39, 0.29) is 0 Å². The molecule has 74 valence electrons. The third-order valence-electron chi connectivity index (χ3n) is 2.83. The lowest BCUT2D eigenvalue weighted by Crippen LogP contribution is -2.64. The van der Waals surface area contributed by atoms with Crippen molar-refractivity contribution in [1.29, 1.82) is 0 Å². The highest BCUT2D eigenvalue weighted by Crippen LogP contribution is 2.37. The van der Waals surface area contributed by atoms with Crippen molar-refractivity contribution in [2.24, 2.45) is 0 Å². The van der Waals surface area contributed by atoms with Gasteiger partial charge in [-0.3, -0.25) is 0 Å². The Morgan fingerprint density at radius 2 is 2.00 bits per heavy atom. The van der Waals surface area contributed by atoms with Gasteiger partial charge in [0, 0.05) is 12.4 Å². The first kappa shape index (κ1) is 8.44. The van der Waals surface area contributed by atoms with Crippen LogP contribution >= 0.6 is 11.6 Å². The molecule has 5 heteroatoms. The molecule has 3 rings (SSSR count). The fourth-order valence-electron chi connectivity index (χ4n) is 2.17. The molecule has 1 aromatic rings. The number of anilines is 1. The van der Waals surface area contributed by atoms with Gasteiger partial charge >= 0.3 is 0 Å². The number of halogens is 1. The average molecular weight is 212 g/mol. The van der Waals surface area contributed by atoms with Crippen LogP contribution in [0.3, 0.4) is 0 Å². The summed E-state index contributed by atoms with van der Waals surface area (Å²) in [5.74, 6) is 0.804. The average Bonchev–Trinajstić information content (AvgIpc) is 2.22. The van der Waals surface area contributed by atoms with Crippen molar-refractivity contribution < 1.29 is 4.74 Å². The van der Waals surface area contributed by atoms with Gasteiger partial charge in [0.05, 0.1) is 25.3 Å². The van der Waals surface area contributed by atoms with Crippen LogP contribution in [0.25, 0.3) is 0 Å². The molecule has 0 spiro atoms. The van der Waals surface area contributed by atoms with Gasteiger partial charge in [-0.2, -0.15) is 0 Å². The van der Waals surface area contributed by atoms with E-state index in [0.29, 0.717) is 17.2 Å². The van der Waals surface area contributed by atoms with E-state index < -0.39 is 0 Å². The quantitative estimate of drug-likeness (QED) is 0.698. The van der Waals surface area contributed by atoms with Gasteiger partial charge in [-0.05, 0) is 6.42 Å². The molecule has 14 heavy (non-hydrogen) atoms. The normalized spacial score (nSPS) is 29.9. The van der Waals surface area contributed by atoms with Crippen molar-refractivity contribution >= 4 is 17.4 Å². The van der Waals surface area contributed by atoms with Gasteiger partial charge in [0.2, 0.25) is 0 Å². The van der Waals surface area contributed by atoms with Crippen molar-refractivity contribution in [3.8, 4) is 0 Å². The first-order valence-corrected chi connectivity index (χ1v) is 5.06. The summed E-state index contributed by atoms with van der Waals surface area (Å²) >= 11 is 5.99. The molecule has 1 aromatic heterocycles. The summed E-state index contributed by atoms with van der Waals surface area (Å²) in [5.41, 5.74) is 0. The maximum atomic E-state index is 5.99. The fraction of sp³-hybridized carbons (Fsp3) is 0.556. The van der Waals surface area contributed by atoms with E-state index in [4.69, 9.17) is 16.3 Å². The lowest BCUT2D eigenvalue weighted by atomic mass is 9.91. The van der Waals surface area contributed by atoms with Gasteiger partial charge in [-0.1, -0.05) is 11.6 Å². The van der Waals surface area contributed by atoms with Crippen LogP contribution < -0.4 is 4.90 Å². The molecule has 2 aliphatic rings. The first-order chi connectivity index (χ1) is 6.86. The second-order valence-corrected chi connectivity index (χ2v) is 4.02. The monoisotopic (exact) mass is 211 g/mol. The number of ether oxygens (including phenoxy) is 1. The Hall–Kier alpha value is -0.870. The molecule has 3 heterocycles. The molecule has 2 aliphatic heterocycles. The van der Waals surface area contributed by atoms with Crippen LogP contribution in [0.5, 0.6) is 0 Å². The number of morpholine rings is 1. The highest BCUT2D eigenvalue weighted by atomic mass is 35.5. The maximum Gasteiger partial charge on any atom is 0.171 e. The number of rotatable bonds is 1. The Balaban J connectivity index is 1.93. The third-order valence-corrected chi connectivity index (χ3v) is 3.10. The Labute approximate surface area is 86.9 Å². The molecule has 2 atom stereocenters. The number of aromatic nitrogens is 2. The Bertz CT molecular complexity index is 346. The molecule has 0 aromatic carbocycles. The van der Waals surface area contributed by atoms with Gasteiger partial charge in [0.15, 0.2) is 11.0 Å². The summed E-state index contributed by atoms with van der Waals surface area (Å²) in [5, 5.41) is 0.490. The lowest BCUT2D eigenvalue weighted by Gasteiger charge is -2.52. The smallest absolute Gasteiger partial charge is 0.171 e. The van der Waals surface area contributed by atoms with Crippen LogP contribution in [0.4, 0.5) is 5.82 Å². The molecule has 2 unspecified atom stereocenters. The first-order valence-electron chi connectivity index (χ1n) is 4.69. The zero-order valence-electron chi connectivity index (χ0n) is 7.56. The predicted molar refractivity (Wildman–Crippen MR) is 52.5 cm³/mol. The SMILES string of the molecule is Clc1nccnc1N1C2COCC1C2. The lowest BCUT2D eigenvalue weighted by molar-refractivity contribution is 0.00967. The molecule has 0 N–H and O–H groups in total. The van der Waals surface area contributed by atoms with Gasteiger partial charge < -0.3 is 9.64 Å². The Morgan fingerprint density at radius 3 is 2.64 bits per heavy atom. The van der Waals surface area contributed by atoms with Crippen molar-refractivity contribution in [2.75, 3.05) is 18.1 Å². The zero-order chi connectivity index (χ0) is 9.54. The zero-order valence-corrected chi connectivity index (χ0v) is 8.31. The highest BCUT2D eigenvalue weighted by Gasteiger charge is 2.43. The fourth-order valence-corrected chi connectivity index (χ4v) is 2.37. The number of nitrogens with zero attached hydrogens (tertiary/aromatic N) is 3. The van der Waals surface area contributed by atoms with Crippen LogP contribution in [0.1, 0.15) is 6.42 Å². The van der Waals surface area contributed by atoms with Crippen LogP contribution in [0, 0.1) is 0 Å². The number of hydrogen-bond donors (Lipinski definition) is 0. The van der Waals surface area contributed by atoms with Crippen LogP contribution in [0.2, 0.25) is 5.15 Å². The summed E-state index contributed by atoms with van der Waals surface area (Å²) in [6.07, 6.45) is 4.47. The van der Waals surface area contributed by atoms with Crippen molar-refractivity contribution in [1.82, 2.24) is 9.97 Å².